The van der Waals surface area contributed by atoms with Crippen molar-refractivity contribution in [2.45, 2.75) is 13.5 Å². The van der Waals surface area contributed by atoms with Crippen LogP contribution in [0.2, 0.25) is 0 Å². The lowest BCUT2D eigenvalue weighted by Crippen LogP contribution is -2.02. The van der Waals surface area contributed by atoms with Crippen LogP contribution in [0.5, 0.6) is 11.5 Å². The Bertz CT molecular complexity index is 879. The number of carbonyl (C=O) groups is 1. The molecule has 0 atom stereocenters. The maximum absolute atomic E-state index is 11.4. The standard InChI is InChI=1S/C18H15NO3/c1-12-15(10-20)14-4-2-3-5-16(14)19(12)9-13-6-7-17-18(8-13)22-11-21-17/h2-8,10H,9,11H2,1H3. The molecule has 0 spiro atoms. The highest BCUT2D eigenvalue weighted by molar-refractivity contribution is 5.99. The SMILES string of the molecule is Cc1c(C=O)c2ccccc2n1Cc1ccc2c(c1)OCO2. The molecule has 3 aromatic rings. The molecule has 4 heteroatoms. The fourth-order valence-electron chi connectivity index (χ4n) is 3.03. The van der Waals surface area contributed by atoms with Gasteiger partial charge < -0.3 is 14.0 Å². The Morgan fingerprint density at radius 1 is 1.14 bits per heavy atom. The van der Waals surface area contributed by atoms with Crippen LogP contribution in [-0.4, -0.2) is 17.6 Å². The van der Waals surface area contributed by atoms with Crippen LogP contribution >= 0.6 is 0 Å². The maximum Gasteiger partial charge on any atom is 0.231 e. The zero-order valence-electron chi connectivity index (χ0n) is 12.2. The highest BCUT2D eigenvalue weighted by Crippen LogP contribution is 2.33. The predicted molar refractivity (Wildman–Crippen MR) is 83.7 cm³/mol. The third-order valence-corrected chi connectivity index (χ3v) is 4.18. The Morgan fingerprint density at radius 3 is 2.82 bits per heavy atom. The van der Waals surface area contributed by atoms with E-state index in [0.29, 0.717) is 6.54 Å². The molecule has 1 aromatic heterocycles. The Kier molecular flexibility index (Phi) is 2.89. The molecule has 0 aliphatic carbocycles. The van der Waals surface area contributed by atoms with Crippen LogP contribution in [-0.2, 0) is 6.54 Å². The van der Waals surface area contributed by atoms with Gasteiger partial charge in [0.05, 0.1) is 0 Å². The third kappa shape index (κ3) is 1.88. The lowest BCUT2D eigenvalue weighted by molar-refractivity contribution is 0.112. The topological polar surface area (TPSA) is 40.5 Å². The molecule has 22 heavy (non-hydrogen) atoms. The van der Waals surface area contributed by atoms with Gasteiger partial charge in [-0.25, -0.2) is 0 Å². The summed E-state index contributed by atoms with van der Waals surface area (Å²) in [5.41, 5.74) is 3.93. The number of aromatic nitrogens is 1. The number of benzene rings is 2. The van der Waals surface area contributed by atoms with E-state index in [4.69, 9.17) is 9.47 Å². The van der Waals surface area contributed by atoms with Crippen molar-refractivity contribution in [3.8, 4) is 11.5 Å². The van der Waals surface area contributed by atoms with E-state index in [0.717, 1.165) is 45.5 Å². The number of para-hydroxylation sites is 1. The van der Waals surface area contributed by atoms with Crippen molar-refractivity contribution in [1.82, 2.24) is 4.57 Å². The minimum absolute atomic E-state index is 0.277. The molecule has 2 aromatic carbocycles. The zero-order valence-corrected chi connectivity index (χ0v) is 12.2. The highest BCUT2D eigenvalue weighted by Gasteiger charge is 2.16. The van der Waals surface area contributed by atoms with Crippen LogP contribution in [0.3, 0.4) is 0 Å². The van der Waals surface area contributed by atoms with E-state index in [1.807, 2.05) is 49.4 Å². The van der Waals surface area contributed by atoms with Crippen molar-refractivity contribution in [3.63, 3.8) is 0 Å². The number of fused-ring (bicyclic) bond motifs is 2. The van der Waals surface area contributed by atoms with Crippen LogP contribution in [0.15, 0.2) is 42.5 Å². The number of carbonyl (C=O) groups excluding carboxylic acids is 1. The molecule has 0 bridgehead atoms. The highest BCUT2D eigenvalue weighted by atomic mass is 16.7. The average molecular weight is 293 g/mol. The summed E-state index contributed by atoms with van der Waals surface area (Å²) in [6.07, 6.45) is 0.938. The quantitative estimate of drug-likeness (QED) is 0.693. The number of ether oxygens (including phenoxy) is 2. The molecular weight excluding hydrogens is 278 g/mol. The molecule has 1 aliphatic heterocycles. The first kappa shape index (κ1) is 13.0. The van der Waals surface area contributed by atoms with Crippen molar-refractivity contribution in [2.75, 3.05) is 6.79 Å². The molecule has 2 heterocycles. The van der Waals surface area contributed by atoms with E-state index in [2.05, 4.69) is 4.57 Å². The summed E-state index contributed by atoms with van der Waals surface area (Å²) in [5.74, 6) is 1.56. The molecule has 0 unspecified atom stereocenters. The number of hydrogen-bond donors (Lipinski definition) is 0. The minimum Gasteiger partial charge on any atom is -0.454 e. The fraction of sp³-hybridized carbons (Fsp3) is 0.167. The average Bonchev–Trinajstić information content (AvgIpc) is 3.10. The summed E-state index contributed by atoms with van der Waals surface area (Å²) in [6.45, 7) is 2.95. The van der Waals surface area contributed by atoms with Gasteiger partial charge in [-0.2, -0.15) is 0 Å². The summed E-state index contributed by atoms with van der Waals surface area (Å²) in [5, 5.41) is 0.996. The van der Waals surface area contributed by atoms with Crippen molar-refractivity contribution in [3.05, 3.63) is 59.3 Å². The van der Waals surface area contributed by atoms with E-state index >= 15 is 0 Å². The van der Waals surface area contributed by atoms with Gasteiger partial charge in [-0.05, 0) is 30.7 Å². The van der Waals surface area contributed by atoms with Crippen LogP contribution in [0.25, 0.3) is 10.9 Å². The van der Waals surface area contributed by atoms with E-state index < -0.39 is 0 Å². The molecule has 0 fully saturated rings. The van der Waals surface area contributed by atoms with Crippen LogP contribution < -0.4 is 9.47 Å². The van der Waals surface area contributed by atoms with Gasteiger partial charge in [0.1, 0.15) is 0 Å². The third-order valence-electron chi connectivity index (χ3n) is 4.18. The number of hydrogen-bond acceptors (Lipinski definition) is 3. The summed E-state index contributed by atoms with van der Waals surface area (Å²) < 4.78 is 12.9. The van der Waals surface area contributed by atoms with E-state index in [1.54, 1.807) is 0 Å². The van der Waals surface area contributed by atoms with Gasteiger partial charge in [0.25, 0.3) is 0 Å². The second-order valence-corrected chi connectivity index (χ2v) is 5.41. The van der Waals surface area contributed by atoms with Crippen LogP contribution in [0, 0.1) is 6.92 Å². The smallest absolute Gasteiger partial charge is 0.231 e. The molecular formula is C18H15NO3. The number of aldehydes is 1. The van der Waals surface area contributed by atoms with Gasteiger partial charge in [-0.15, -0.1) is 0 Å². The van der Waals surface area contributed by atoms with Crippen molar-refractivity contribution >= 4 is 17.2 Å². The van der Waals surface area contributed by atoms with Crippen LogP contribution in [0.4, 0.5) is 0 Å². The normalized spacial score (nSPS) is 12.8. The molecule has 110 valence electrons. The number of nitrogens with zero attached hydrogens (tertiary/aromatic N) is 1. The van der Waals surface area contributed by atoms with Gasteiger partial charge in [0.2, 0.25) is 6.79 Å². The molecule has 0 saturated heterocycles. The first-order chi connectivity index (χ1) is 10.8. The molecule has 0 N–H and O–H groups in total. The van der Waals surface area contributed by atoms with E-state index in [-0.39, 0.29) is 6.79 Å². The predicted octanol–water partition coefficient (Wildman–Crippen LogP) is 3.54. The summed E-state index contributed by atoms with van der Waals surface area (Å²) in [4.78, 5) is 11.4. The lowest BCUT2D eigenvalue weighted by atomic mass is 10.1. The van der Waals surface area contributed by atoms with Gasteiger partial charge in [-0.1, -0.05) is 24.3 Å². The molecule has 4 rings (SSSR count). The van der Waals surface area contributed by atoms with Gasteiger partial charge in [-0.3, -0.25) is 4.79 Å². The first-order valence-electron chi connectivity index (χ1n) is 7.19. The Labute approximate surface area is 127 Å². The van der Waals surface area contributed by atoms with Crippen molar-refractivity contribution < 1.29 is 14.3 Å². The van der Waals surface area contributed by atoms with Crippen molar-refractivity contribution in [1.29, 1.82) is 0 Å². The van der Waals surface area contributed by atoms with Gasteiger partial charge >= 0.3 is 0 Å². The van der Waals surface area contributed by atoms with Gasteiger partial charge in [0, 0.05) is 28.7 Å². The summed E-state index contributed by atoms with van der Waals surface area (Å²) >= 11 is 0. The van der Waals surface area contributed by atoms with Crippen molar-refractivity contribution in [2.24, 2.45) is 0 Å². The first-order valence-corrected chi connectivity index (χ1v) is 7.19. The zero-order chi connectivity index (χ0) is 15.1. The molecule has 1 aliphatic rings. The summed E-state index contributed by atoms with van der Waals surface area (Å²) in [7, 11) is 0. The number of rotatable bonds is 3. The second kappa shape index (κ2) is 4.91. The second-order valence-electron chi connectivity index (χ2n) is 5.41. The minimum atomic E-state index is 0.277. The van der Waals surface area contributed by atoms with Gasteiger partial charge in [0.15, 0.2) is 17.8 Å². The molecule has 0 radical (unpaired) electrons. The Hall–Kier alpha value is -2.75. The fourth-order valence-corrected chi connectivity index (χ4v) is 3.03. The lowest BCUT2D eigenvalue weighted by Gasteiger charge is -2.09. The van der Waals surface area contributed by atoms with Crippen LogP contribution in [0.1, 0.15) is 21.6 Å². The largest absolute Gasteiger partial charge is 0.454 e. The van der Waals surface area contributed by atoms with E-state index in [1.165, 1.54) is 0 Å². The Morgan fingerprint density at radius 2 is 1.95 bits per heavy atom. The monoisotopic (exact) mass is 293 g/mol. The molecule has 4 nitrogen and oxygen atoms in total. The molecule has 0 saturated carbocycles. The molecule has 0 amide bonds. The maximum atomic E-state index is 11.4. The Balaban J connectivity index is 1.81. The summed E-state index contributed by atoms with van der Waals surface area (Å²) in [6, 6.07) is 13.9. The van der Waals surface area contributed by atoms with E-state index in [9.17, 15) is 4.79 Å².